The normalized spacial score (nSPS) is 27.3. The zero-order valence-corrected chi connectivity index (χ0v) is 9.74. The van der Waals surface area contributed by atoms with Gasteiger partial charge in [-0.25, -0.2) is 0 Å². The van der Waals surface area contributed by atoms with E-state index in [-0.39, 0.29) is 12.4 Å². The Morgan fingerprint density at radius 3 is 2.57 bits per heavy atom. The molecule has 2 heteroatoms. The maximum atomic E-state index is 3.46. The Hall–Kier alpha value is -0.0100. The van der Waals surface area contributed by atoms with Gasteiger partial charge < -0.3 is 5.32 Å². The van der Waals surface area contributed by atoms with Crippen molar-refractivity contribution in [2.45, 2.75) is 44.9 Å². The van der Waals surface area contributed by atoms with Crippen LogP contribution >= 0.6 is 12.4 Å². The van der Waals surface area contributed by atoms with Crippen LogP contribution in [0.1, 0.15) is 44.9 Å². The first-order chi connectivity index (χ1) is 6.45. The molecule has 0 amide bonds. The van der Waals surface area contributed by atoms with Gasteiger partial charge in [-0.2, -0.15) is 0 Å². The summed E-state index contributed by atoms with van der Waals surface area (Å²) in [5, 5.41) is 3.46. The highest BCUT2D eigenvalue weighted by Crippen LogP contribution is 2.28. The molecule has 1 saturated carbocycles. The molecule has 2 aliphatic rings. The van der Waals surface area contributed by atoms with E-state index in [1.807, 2.05) is 0 Å². The van der Waals surface area contributed by atoms with E-state index in [9.17, 15) is 0 Å². The molecular weight excluding hydrogens is 194 g/mol. The van der Waals surface area contributed by atoms with Gasteiger partial charge in [-0.05, 0) is 51.1 Å². The molecule has 0 radical (unpaired) electrons. The minimum absolute atomic E-state index is 0. The number of halogens is 1. The Kier molecular flexibility index (Phi) is 5.57. The second-order valence-electron chi connectivity index (χ2n) is 4.47. The summed E-state index contributed by atoms with van der Waals surface area (Å²) in [6.45, 7) is 2.43. The van der Waals surface area contributed by atoms with Gasteiger partial charge in [0, 0.05) is 0 Å². The SMILES string of the molecule is C(=C1\CCCNCC1)/C1CCCC1.Cl. The second kappa shape index (κ2) is 6.47. The predicted octanol–water partition coefficient (Wildman–Crippen LogP) is 3.30. The van der Waals surface area contributed by atoms with Gasteiger partial charge in [0.05, 0.1) is 0 Å². The van der Waals surface area contributed by atoms with Gasteiger partial charge in [-0.15, -0.1) is 12.4 Å². The monoisotopic (exact) mass is 215 g/mol. The highest BCUT2D eigenvalue weighted by Gasteiger charge is 2.13. The van der Waals surface area contributed by atoms with Crippen LogP contribution in [0.25, 0.3) is 0 Å². The summed E-state index contributed by atoms with van der Waals surface area (Å²) < 4.78 is 0. The van der Waals surface area contributed by atoms with Gasteiger partial charge in [0.1, 0.15) is 0 Å². The zero-order chi connectivity index (χ0) is 8.93. The molecule has 14 heavy (non-hydrogen) atoms. The molecule has 1 heterocycles. The molecular formula is C12H22ClN. The summed E-state index contributed by atoms with van der Waals surface area (Å²) in [4.78, 5) is 0. The molecule has 1 nitrogen and oxygen atoms in total. The molecule has 2 fully saturated rings. The Bertz CT molecular complexity index is 173. The first-order valence-electron chi connectivity index (χ1n) is 5.85. The third-order valence-corrected chi connectivity index (χ3v) is 3.35. The van der Waals surface area contributed by atoms with Gasteiger partial charge in [0.25, 0.3) is 0 Å². The average Bonchev–Trinajstić information content (AvgIpc) is 2.49. The van der Waals surface area contributed by atoms with Crippen molar-refractivity contribution in [1.82, 2.24) is 5.32 Å². The number of allylic oxidation sites excluding steroid dienone is 1. The van der Waals surface area contributed by atoms with E-state index in [1.54, 1.807) is 5.57 Å². The smallest absolute Gasteiger partial charge is 0.00116 e. The van der Waals surface area contributed by atoms with Crippen LogP contribution in [0.3, 0.4) is 0 Å². The number of hydrogen-bond donors (Lipinski definition) is 1. The van der Waals surface area contributed by atoms with E-state index in [4.69, 9.17) is 0 Å². The molecule has 82 valence electrons. The lowest BCUT2D eigenvalue weighted by Gasteiger charge is -2.06. The van der Waals surface area contributed by atoms with Gasteiger partial charge in [-0.3, -0.25) is 0 Å². The van der Waals surface area contributed by atoms with Crippen LogP contribution in [0, 0.1) is 5.92 Å². The van der Waals surface area contributed by atoms with Crippen molar-refractivity contribution in [2.75, 3.05) is 13.1 Å². The molecule has 0 atom stereocenters. The van der Waals surface area contributed by atoms with Crippen LogP contribution in [0.2, 0.25) is 0 Å². The number of rotatable bonds is 1. The number of nitrogens with one attached hydrogen (secondary N) is 1. The molecule has 0 unspecified atom stereocenters. The van der Waals surface area contributed by atoms with Crippen LogP contribution in [-0.2, 0) is 0 Å². The first kappa shape index (κ1) is 12.1. The largest absolute Gasteiger partial charge is 0.316 e. The molecule has 0 aromatic rings. The number of hydrogen-bond acceptors (Lipinski definition) is 1. The van der Waals surface area contributed by atoms with E-state index in [2.05, 4.69) is 11.4 Å². The average molecular weight is 216 g/mol. The van der Waals surface area contributed by atoms with Gasteiger partial charge >= 0.3 is 0 Å². The van der Waals surface area contributed by atoms with Crippen LogP contribution in [0.15, 0.2) is 11.6 Å². The highest BCUT2D eigenvalue weighted by molar-refractivity contribution is 5.85. The highest BCUT2D eigenvalue weighted by atomic mass is 35.5. The molecule has 1 saturated heterocycles. The zero-order valence-electron chi connectivity index (χ0n) is 8.93. The van der Waals surface area contributed by atoms with E-state index in [0.29, 0.717) is 0 Å². The Labute approximate surface area is 93.8 Å². The van der Waals surface area contributed by atoms with Crippen LogP contribution in [0.4, 0.5) is 0 Å². The lowest BCUT2D eigenvalue weighted by molar-refractivity contribution is 0.670. The topological polar surface area (TPSA) is 12.0 Å². The third-order valence-electron chi connectivity index (χ3n) is 3.35. The maximum absolute atomic E-state index is 3.46. The Balaban J connectivity index is 0.000000980. The van der Waals surface area contributed by atoms with Gasteiger partial charge in [-0.1, -0.05) is 24.5 Å². The van der Waals surface area contributed by atoms with Crippen molar-refractivity contribution in [3.8, 4) is 0 Å². The van der Waals surface area contributed by atoms with E-state index < -0.39 is 0 Å². The lowest BCUT2D eigenvalue weighted by atomic mass is 10.00. The Morgan fingerprint density at radius 2 is 1.79 bits per heavy atom. The van der Waals surface area contributed by atoms with Crippen molar-refractivity contribution < 1.29 is 0 Å². The fraction of sp³-hybridized carbons (Fsp3) is 0.833. The maximum Gasteiger partial charge on any atom is -0.00116 e. The predicted molar refractivity (Wildman–Crippen MR) is 64.0 cm³/mol. The molecule has 1 aliphatic heterocycles. The standard InChI is InChI=1S/C12H21N.ClH/c1-2-5-11(4-1)10-12-6-3-8-13-9-7-12;/h10-11,13H,1-9H2;1H/b12-10-;. The van der Waals surface area contributed by atoms with Crippen LogP contribution in [-0.4, -0.2) is 13.1 Å². The van der Waals surface area contributed by atoms with Crippen molar-refractivity contribution in [1.29, 1.82) is 0 Å². The fourth-order valence-corrected chi connectivity index (χ4v) is 2.56. The van der Waals surface area contributed by atoms with Crippen molar-refractivity contribution in [3.05, 3.63) is 11.6 Å². The molecule has 1 N–H and O–H groups in total. The molecule has 0 aromatic carbocycles. The van der Waals surface area contributed by atoms with Gasteiger partial charge in [0.2, 0.25) is 0 Å². The third kappa shape index (κ3) is 3.62. The van der Waals surface area contributed by atoms with Crippen LogP contribution < -0.4 is 5.32 Å². The van der Waals surface area contributed by atoms with E-state index in [0.717, 1.165) is 5.92 Å². The summed E-state index contributed by atoms with van der Waals surface area (Å²) in [5.41, 5.74) is 1.73. The van der Waals surface area contributed by atoms with Crippen molar-refractivity contribution >= 4 is 12.4 Å². The minimum atomic E-state index is 0. The molecule has 1 aliphatic carbocycles. The summed E-state index contributed by atoms with van der Waals surface area (Å²) in [6.07, 6.45) is 12.4. The van der Waals surface area contributed by atoms with Crippen molar-refractivity contribution in [2.24, 2.45) is 5.92 Å². The molecule has 0 spiro atoms. The first-order valence-corrected chi connectivity index (χ1v) is 5.85. The molecule has 2 rings (SSSR count). The van der Waals surface area contributed by atoms with Crippen LogP contribution in [0.5, 0.6) is 0 Å². The summed E-state index contributed by atoms with van der Waals surface area (Å²) in [5.74, 6) is 0.938. The summed E-state index contributed by atoms with van der Waals surface area (Å²) in [7, 11) is 0. The lowest BCUT2D eigenvalue weighted by Crippen LogP contribution is -2.13. The molecule has 0 aromatic heterocycles. The summed E-state index contributed by atoms with van der Waals surface area (Å²) in [6, 6.07) is 0. The molecule has 0 bridgehead atoms. The summed E-state index contributed by atoms with van der Waals surface area (Å²) >= 11 is 0. The fourth-order valence-electron chi connectivity index (χ4n) is 2.56. The van der Waals surface area contributed by atoms with Crippen molar-refractivity contribution in [3.63, 3.8) is 0 Å². The second-order valence-corrected chi connectivity index (χ2v) is 4.47. The minimum Gasteiger partial charge on any atom is -0.316 e. The van der Waals surface area contributed by atoms with Gasteiger partial charge in [0.15, 0.2) is 0 Å². The Morgan fingerprint density at radius 1 is 1.00 bits per heavy atom. The van der Waals surface area contributed by atoms with E-state index in [1.165, 1.54) is 58.0 Å². The van der Waals surface area contributed by atoms with E-state index >= 15 is 0 Å². The quantitative estimate of drug-likeness (QED) is 0.662.